The molecule has 1 aromatic rings. The zero-order valence-electron chi connectivity index (χ0n) is 7.76. The van der Waals surface area contributed by atoms with E-state index in [0.29, 0.717) is 11.4 Å². The quantitative estimate of drug-likeness (QED) is 0.844. The van der Waals surface area contributed by atoms with Gasteiger partial charge in [0.1, 0.15) is 0 Å². The van der Waals surface area contributed by atoms with Crippen molar-refractivity contribution in [3.63, 3.8) is 0 Å². The highest BCUT2D eigenvalue weighted by atomic mass is 79.9. The molecule has 2 rings (SSSR count). The molecule has 2 unspecified atom stereocenters. The number of thioether (sulfide) groups is 1. The van der Waals surface area contributed by atoms with Crippen molar-refractivity contribution < 1.29 is 0 Å². The van der Waals surface area contributed by atoms with Gasteiger partial charge >= 0.3 is 0 Å². The fourth-order valence-corrected chi connectivity index (χ4v) is 3.22. The van der Waals surface area contributed by atoms with Gasteiger partial charge in [-0.1, -0.05) is 17.7 Å². The Morgan fingerprint density at radius 1 is 1.57 bits per heavy atom. The summed E-state index contributed by atoms with van der Waals surface area (Å²) in [4.78, 5) is 0. The van der Waals surface area contributed by atoms with Crippen LogP contribution in [0, 0.1) is 0 Å². The molecular formula is C10H11BrClNS. The standard InChI is InChI=1S/C10H11BrClNS/c1-6-5-14-10(13-6)7-2-3-9(12)8(11)4-7/h2-4,6,10,13H,5H2,1H3. The van der Waals surface area contributed by atoms with E-state index in [-0.39, 0.29) is 0 Å². The lowest BCUT2D eigenvalue weighted by Gasteiger charge is -2.11. The van der Waals surface area contributed by atoms with Crippen LogP contribution in [0.3, 0.4) is 0 Å². The predicted molar refractivity (Wildman–Crippen MR) is 66.9 cm³/mol. The molecule has 0 saturated carbocycles. The molecule has 1 aromatic carbocycles. The van der Waals surface area contributed by atoms with Gasteiger partial charge in [0, 0.05) is 16.3 Å². The van der Waals surface area contributed by atoms with Gasteiger partial charge in [0.25, 0.3) is 0 Å². The zero-order valence-corrected chi connectivity index (χ0v) is 10.9. The third kappa shape index (κ3) is 2.27. The van der Waals surface area contributed by atoms with Crippen LogP contribution in [0.2, 0.25) is 5.02 Å². The van der Waals surface area contributed by atoms with Gasteiger partial charge in [-0.05, 0) is 40.5 Å². The number of hydrogen-bond acceptors (Lipinski definition) is 2. The van der Waals surface area contributed by atoms with Crippen molar-refractivity contribution >= 4 is 39.3 Å². The van der Waals surface area contributed by atoms with E-state index in [1.54, 1.807) is 0 Å². The van der Waals surface area contributed by atoms with E-state index in [9.17, 15) is 0 Å². The van der Waals surface area contributed by atoms with Gasteiger partial charge in [-0.2, -0.15) is 0 Å². The smallest absolute Gasteiger partial charge is 0.0792 e. The van der Waals surface area contributed by atoms with Crippen molar-refractivity contribution in [3.8, 4) is 0 Å². The third-order valence-electron chi connectivity index (χ3n) is 2.20. The fourth-order valence-electron chi connectivity index (χ4n) is 1.46. The summed E-state index contributed by atoms with van der Waals surface area (Å²) in [6.07, 6.45) is 0. The first kappa shape index (κ1) is 10.8. The van der Waals surface area contributed by atoms with Crippen LogP contribution in [-0.4, -0.2) is 11.8 Å². The van der Waals surface area contributed by atoms with Crippen LogP contribution in [0.5, 0.6) is 0 Å². The van der Waals surface area contributed by atoms with Gasteiger partial charge in [-0.25, -0.2) is 0 Å². The van der Waals surface area contributed by atoms with Crippen LogP contribution >= 0.6 is 39.3 Å². The molecule has 0 radical (unpaired) electrons. The minimum absolute atomic E-state index is 0.415. The molecule has 1 aliphatic rings. The minimum atomic E-state index is 0.415. The monoisotopic (exact) mass is 291 g/mol. The predicted octanol–water partition coefficient (Wildman–Crippen LogP) is 3.83. The topological polar surface area (TPSA) is 12.0 Å². The Morgan fingerprint density at radius 2 is 2.36 bits per heavy atom. The van der Waals surface area contributed by atoms with Crippen molar-refractivity contribution in [1.29, 1.82) is 0 Å². The first-order chi connectivity index (χ1) is 6.66. The molecule has 14 heavy (non-hydrogen) atoms. The lowest BCUT2D eigenvalue weighted by Crippen LogP contribution is -2.21. The highest BCUT2D eigenvalue weighted by Gasteiger charge is 2.22. The Balaban J connectivity index is 2.20. The summed E-state index contributed by atoms with van der Waals surface area (Å²) in [6, 6.07) is 6.70. The van der Waals surface area contributed by atoms with Crippen molar-refractivity contribution in [3.05, 3.63) is 33.3 Å². The van der Waals surface area contributed by atoms with Crippen LogP contribution in [0.25, 0.3) is 0 Å². The summed E-state index contributed by atoms with van der Waals surface area (Å²) in [5, 5.41) is 4.70. The number of hydrogen-bond donors (Lipinski definition) is 1. The highest BCUT2D eigenvalue weighted by molar-refractivity contribution is 9.10. The van der Waals surface area contributed by atoms with E-state index in [1.165, 1.54) is 11.3 Å². The Kier molecular flexibility index (Phi) is 3.42. The average molecular weight is 293 g/mol. The number of nitrogens with one attached hydrogen (secondary N) is 1. The van der Waals surface area contributed by atoms with Gasteiger partial charge in [-0.15, -0.1) is 11.8 Å². The first-order valence-corrected chi connectivity index (χ1v) is 6.71. The molecule has 1 aliphatic heterocycles. The molecule has 1 heterocycles. The molecule has 0 spiro atoms. The summed E-state index contributed by atoms with van der Waals surface area (Å²) in [6.45, 7) is 2.21. The van der Waals surface area contributed by atoms with Crippen LogP contribution in [0.1, 0.15) is 17.9 Å². The van der Waals surface area contributed by atoms with Crippen molar-refractivity contribution in [1.82, 2.24) is 5.32 Å². The minimum Gasteiger partial charge on any atom is -0.298 e. The largest absolute Gasteiger partial charge is 0.298 e. The average Bonchev–Trinajstić information content (AvgIpc) is 2.57. The Bertz CT molecular complexity index is 345. The summed E-state index contributed by atoms with van der Waals surface area (Å²) in [5.41, 5.74) is 1.29. The van der Waals surface area contributed by atoms with E-state index >= 15 is 0 Å². The molecule has 76 valence electrons. The molecule has 1 saturated heterocycles. The first-order valence-electron chi connectivity index (χ1n) is 4.49. The van der Waals surface area contributed by atoms with Crippen molar-refractivity contribution in [2.45, 2.75) is 18.3 Å². The number of rotatable bonds is 1. The number of halogens is 2. The molecule has 0 amide bonds. The second-order valence-corrected chi connectivity index (χ2v) is 5.85. The maximum absolute atomic E-state index is 5.94. The summed E-state index contributed by atoms with van der Waals surface area (Å²) in [5.74, 6) is 1.17. The Morgan fingerprint density at radius 3 is 2.93 bits per heavy atom. The normalized spacial score (nSPS) is 26.8. The molecule has 1 N–H and O–H groups in total. The molecule has 0 aromatic heterocycles. The molecule has 0 aliphatic carbocycles. The lowest BCUT2D eigenvalue weighted by molar-refractivity contribution is 0.618. The summed E-state index contributed by atoms with van der Waals surface area (Å²) < 4.78 is 0.971. The van der Waals surface area contributed by atoms with Gasteiger partial charge in [0.05, 0.1) is 10.4 Å². The zero-order chi connectivity index (χ0) is 10.1. The van der Waals surface area contributed by atoms with Gasteiger partial charge in [-0.3, -0.25) is 5.32 Å². The molecular weight excluding hydrogens is 282 g/mol. The van der Waals surface area contributed by atoms with Crippen molar-refractivity contribution in [2.75, 3.05) is 5.75 Å². The molecule has 2 atom stereocenters. The SMILES string of the molecule is CC1CSC(c2ccc(Cl)c(Br)c2)N1. The van der Waals surface area contributed by atoms with Crippen LogP contribution in [-0.2, 0) is 0 Å². The summed E-state index contributed by atoms with van der Waals surface area (Å²) >= 11 is 11.3. The number of benzene rings is 1. The molecule has 4 heteroatoms. The second-order valence-electron chi connectivity index (χ2n) is 3.45. The second kappa shape index (κ2) is 4.44. The highest BCUT2D eigenvalue weighted by Crippen LogP contribution is 2.35. The van der Waals surface area contributed by atoms with E-state index in [1.807, 2.05) is 17.8 Å². The van der Waals surface area contributed by atoms with E-state index in [2.05, 4.69) is 40.3 Å². The maximum Gasteiger partial charge on any atom is 0.0792 e. The van der Waals surface area contributed by atoms with Gasteiger partial charge in [0.2, 0.25) is 0 Å². The Hall–Kier alpha value is 0.300. The van der Waals surface area contributed by atoms with Crippen LogP contribution in [0.15, 0.2) is 22.7 Å². The van der Waals surface area contributed by atoms with Crippen LogP contribution in [0.4, 0.5) is 0 Å². The van der Waals surface area contributed by atoms with Gasteiger partial charge in [0.15, 0.2) is 0 Å². The molecule has 1 nitrogen and oxygen atoms in total. The lowest BCUT2D eigenvalue weighted by atomic mass is 10.2. The van der Waals surface area contributed by atoms with E-state index < -0.39 is 0 Å². The van der Waals surface area contributed by atoms with Crippen LogP contribution < -0.4 is 5.32 Å². The Labute approximate surface area is 102 Å². The third-order valence-corrected chi connectivity index (χ3v) is 4.84. The fraction of sp³-hybridized carbons (Fsp3) is 0.400. The maximum atomic E-state index is 5.94. The molecule has 1 fully saturated rings. The van der Waals surface area contributed by atoms with E-state index in [0.717, 1.165) is 9.50 Å². The van der Waals surface area contributed by atoms with Crippen molar-refractivity contribution in [2.24, 2.45) is 0 Å². The van der Waals surface area contributed by atoms with Gasteiger partial charge < -0.3 is 0 Å². The summed E-state index contributed by atoms with van der Waals surface area (Å²) in [7, 11) is 0. The van der Waals surface area contributed by atoms with E-state index in [4.69, 9.17) is 11.6 Å². The molecule has 0 bridgehead atoms.